The summed E-state index contributed by atoms with van der Waals surface area (Å²) in [5, 5.41) is 6.95. The van der Waals surface area contributed by atoms with Gasteiger partial charge in [0.05, 0.1) is 11.3 Å². The zero-order valence-corrected chi connectivity index (χ0v) is 12.5. The van der Waals surface area contributed by atoms with E-state index < -0.39 is 29.8 Å². The van der Waals surface area contributed by atoms with Gasteiger partial charge in [-0.25, -0.2) is 14.6 Å². The molecule has 3 aromatic heterocycles. The zero-order valence-electron chi connectivity index (χ0n) is 12.5. The fourth-order valence-corrected chi connectivity index (χ4v) is 2.28. The van der Waals surface area contributed by atoms with Gasteiger partial charge in [0.25, 0.3) is 5.95 Å². The fourth-order valence-electron chi connectivity index (χ4n) is 2.28. The molecule has 25 heavy (non-hydrogen) atoms. The molecule has 7 nitrogen and oxygen atoms in total. The summed E-state index contributed by atoms with van der Waals surface area (Å²) in [7, 11) is 0. The molecule has 0 aliphatic carbocycles. The average Bonchev–Trinajstić information content (AvgIpc) is 3.08. The Bertz CT molecular complexity index is 898. The van der Waals surface area contributed by atoms with Gasteiger partial charge in [-0.05, 0) is 13.0 Å². The third kappa shape index (κ3) is 2.90. The Kier molecular flexibility index (Phi) is 3.89. The first kappa shape index (κ1) is 16.8. The normalized spacial score (nSPS) is 12.1. The molecule has 0 unspecified atom stereocenters. The Balaban J connectivity index is 2.27. The van der Waals surface area contributed by atoms with Crippen molar-refractivity contribution in [2.75, 3.05) is 5.73 Å². The molecule has 132 valence electrons. The van der Waals surface area contributed by atoms with Gasteiger partial charge in [0.1, 0.15) is 5.82 Å². The van der Waals surface area contributed by atoms with Crippen molar-refractivity contribution in [1.82, 2.24) is 29.5 Å². The summed E-state index contributed by atoms with van der Waals surface area (Å²) < 4.78 is 66.7. The average molecular weight is 359 g/mol. The summed E-state index contributed by atoms with van der Waals surface area (Å²) in [4.78, 5) is 7.59. The molecule has 3 aromatic rings. The number of hydrogen-bond donors (Lipinski definition) is 1. The summed E-state index contributed by atoms with van der Waals surface area (Å²) in [6.07, 6.45) is -1.48. The van der Waals surface area contributed by atoms with Crippen LogP contribution in [0.1, 0.15) is 17.9 Å². The first-order chi connectivity index (χ1) is 11.7. The van der Waals surface area contributed by atoms with Gasteiger partial charge in [0, 0.05) is 24.2 Å². The van der Waals surface area contributed by atoms with Gasteiger partial charge in [0.15, 0.2) is 5.69 Å². The van der Waals surface area contributed by atoms with Crippen molar-refractivity contribution in [2.45, 2.75) is 19.6 Å². The van der Waals surface area contributed by atoms with Gasteiger partial charge >= 0.3 is 12.7 Å². The van der Waals surface area contributed by atoms with Crippen LogP contribution in [0.25, 0.3) is 17.1 Å². The van der Waals surface area contributed by atoms with E-state index in [1.165, 1.54) is 25.4 Å². The molecule has 2 N–H and O–H groups in total. The van der Waals surface area contributed by atoms with E-state index in [1.807, 2.05) is 0 Å². The van der Waals surface area contributed by atoms with Gasteiger partial charge in [-0.2, -0.15) is 36.8 Å². The quantitative estimate of drug-likeness (QED) is 0.727. The van der Waals surface area contributed by atoms with Crippen LogP contribution in [-0.4, -0.2) is 29.5 Å². The van der Waals surface area contributed by atoms with Crippen LogP contribution in [0.15, 0.2) is 24.7 Å². The number of aromatic nitrogens is 6. The monoisotopic (exact) mass is 359 g/mol. The Morgan fingerprint density at radius 1 is 1.12 bits per heavy atom. The van der Waals surface area contributed by atoms with Gasteiger partial charge < -0.3 is 5.73 Å². The second kappa shape index (κ2) is 5.79. The lowest BCUT2D eigenvalue weighted by Gasteiger charge is -2.05. The molecule has 0 fully saturated rings. The summed E-state index contributed by atoms with van der Waals surface area (Å²) in [6.45, 7) is -1.71. The van der Waals surface area contributed by atoms with E-state index >= 15 is 0 Å². The Hall–Kier alpha value is -3.05. The highest BCUT2D eigenvalue weighted by atomic mass is 19.4. The van der Waals surface area contributed by atoms with Crippen molar-refractivity contribution in [2.24, 2.45) is 0 Å². The predicted molar refractivity (Wildman–Crippen MR) is 75.8 cm³/mol. The number of alkyl halides is 5. The molecular weight excluding hydrogens is 349 g/mol. The van der Waals surface area contributed by atoms with Gasteiger partial charge in [-0.15, -0.1) is 0 Å². The van der Waals surface area contributed by atoms with E-state index in [0.717, 1.165) is 6.20 Å². The van der Waals surface area contributed by atoms with Crippen molar-refractivity contribution in [1.29, 1.82) is 0 Å². The summed E-state index contributed by atoms with van der Waals surface area (Å²) in [5.74, 6) is -0.619. The molecule has 0 saturated carbocycles. The number of halogens is 5. The number of aryl methyl sites for hydroxylation is 1. The van der Waals surface area contributed by atoms with Crippen LogP contribution in [0.5, 0.6) is 0 Å². The largest absolute Gasteiger partial charge is 0.435 e. The van der Waals surface area contributed by atoms with Crippen molar-refractivity contribution in [3.8, 4) is 17.1 Å². The highest BCUT2D eigenvalue weighted by Crippen LogP contribution is 2.41. The van der Waals surface area contributed by atoms with E-state index in [1.54, 1.807) is 0 Å². The van der Waals surface area contributed by atoms with Crippen molar-refractivity contribution in [3.05, 3.63) is 36.0 Å². The first-order valence-corrected chi connectivity index (χ1v) is 6.77. The topological polar surface area (TPSA) is 87.4 Å². The predicted octanol–water partition coefficient (Wildman–Crippen LogP) is 2.83. The third-order valence-electron chi connectivity index (χ3n) is 3.32. The van der Waals surface area contributed by atoms with E-state index in [9.17, 15) is 22.0 Å². The molecular formula is C13H10F5N7. The van der Waals surface area contributed by atoms with Gasteiger partial charge in [-0.3, -0.25) is 0 Å². The maximum atomic E-state index is 13.4. The van der Waals surface area contributed by atoms with Crippen LogP contribution in [0.4, 0.5) is 27.8 Å². The fraction of sp³-hybridized carbons (Fsp3) is 0.231. The minimum absolute atomic E-state index is 0.0500. The highest BCUT2D eigenvalue weighted by Gasteiger charge is 2.40. The first-order valence-electron chi connectivity index (χ1n) is 6.77. The lowest BCUT2D eigenvalue weighted by Crippen LogP contribution is -2.09. The van der Waals surface area contributed by atoms with Crippen LogP contribution in [0.2, 0.25) is 0 Å². The van der Waals surface area contributed by atoms with Crippen LogP contribution < -0.4 is 5.73 Å². The molecule has 0 amide bonds. The molecule has 0 aliphatic heterocycles. The minimum atomic E-state index is -4.87. The molecule has 0 aromatic carbocycles. The standard InChI is InChI=1S/C13H10F5N7/c1-6-7(5-24(22-6)11(14)15)8-9(13(16,17)18)23-25(10(8)19)12-20-3-2-4-21-12/h2-5,11H,19H2,1H3. The maximum absolute atomic E-state index is 13.4. The van der Waals surface area contributed by atoms with Crippen LogP contribution >= 0.6 is 0 Å². The van der Waals surface area contributed by atoms with Gasteiger partial charge in [-0.1, -0.05) is 0 Å². The summed E-state index contributed by atoms with van der Waals surface area (Å²) in [5.41, 5.74) is 3.67. The highest BCUT2D eigenvalue weighted by molar-refractivity contribution is 5.79. The molecule has 3 heterocycles. The number of nitrogens with two attached hydrogens (primary N) is 1. The van der Waals surface area contributed by atoms with Crippen molar-refractivity contribution >= 4 is 5.82 Å². The molecule has 0 spiro atoms. The Labute approximate surface area is 136 Å². The van der Waals surface area contributed by atoms with Crippen LogP contribution in [0.3, 0.4) is 0 Å². The van der Waals surface area contributed by atoms with E-state index in [2.05, 4.69) is 20.2 Å². The SMILES string of the molecule is Cc1nn(C(F)F)cc1-c1c(C(F)(F)F)nn(-c2ncccn2)c1N. The molecule has 0 atom stereocenters. The smallest absolute Gasteiger partial charge is 0.383 e. The molecule has 0 bridgehead atoms. The number of anilines is 1. The van der Waals surface area contributed by atoms with E-state index in [-0.39, 0.29) is 21.9 Å². The Morgan fingerprint density at radius 3 is 2.28 bits per heavy atom. The summed E-state index contributed by atoms with van der Waals surface area (Å²) in [6, 6.07) is 1.46. The number of hydrogen-bond acceptors (Lipinski definition) is 5. The lowest BCUT2D eigenvalue weighted by molar-refractivity contribution is -0.140. The lowest BCUT2D eigenvalue weighted by atomic mass is 10.1. The van der Waals surface area contributed by atoms with Crippen LogP contribution in [-0.2, 0) is 6.18 Å². The maximum Gasteiger partial charge on any atom is 0.435 e. The van der Waals surface area contributed by atoms with Gasteiger partial charge in [0.2, 0.25) is 0 Å². The van der Waals surface area contributed by atoms with E-state index in [4.69, 9.17) is 5.73 Å². The molecule has 0 radical (unpaired) electrons. The van der Waals surface area contributed by atoms with Crippen molar-refractivity contribution < 1.29 is 22.0 Å². The van der Waals surface area contributed by atoms with Crippen LogP contribution in [0, 0.1) is 6.92 Å². The second-order valence-electron chi connectivity index (χ2n) is 4.95. The third-order valence-corrected chi connectivity index (χ3v) is 3.32. The number of nitrogens with zero attached hydrogens (tertiary/aromatic N) is 6. The molecule has 12 heteroatoms. The minimum Gasteiger partial charge on any atom is -0.383 e. The number of rotatable bonds is 3. The Morgan fingerprint density at radius 2 is 1.76 bits per heavy atom. The number of nitrogen functional groups attached to an aromatic ring is 1. The zero-order chi connectivity index (χ0) is 18.4. The molecule has 3 rings (SSSR count). The second-order valence-corrected chi connectivity index (χ2v) is 4.95. The molecule has 0 saturated heterocycles. The molecule has 0 aliphatic rings. The van der Waals surface area contributed by atoms with E-state index in [0.29, 0.717) is 4.68 Å². The van der Waals surface area contributed by atoms with Crippen molar-refractivity contribution in [3.63, 3.8) is 0 Å². The summed E-state index contributed by atoms with van der Waals surface area (Å²) >= 11 is 0.